The summed E-state index contributed by atoms with van der Waals surface area (Å²) in [6.45, 7) is 19.5. The molecule has 0 atom stereocenters. The summed E-state index contributed by atoms with van der Waals surface area (Å²) in [7, 11) is -1.84. The standard InChI is InChI=1S/C23H33IN2O2Si/c1-15(2)29(16(3)4,17(5)6)13-11-18-10-12-25-21-20(18)19(24)14-26(21)22(27)28-23(7,8)9/h10,12,14-17H,1-9H3. The quantitative estimate of drug-likeness (QED) is 0.247. The first-order chi connectivity index (χ1) is 13.3. The zero-order valence-corrected chi connectivity index (χ0v) is 22.2. The van der Waals surface area contributed by atoms with E-state index in [9.17, 15) is 4.79 Å². The third kappa shape index (κ3) is 4.88. The molecule has 2 aromatic heterocycles. The fourth-order valence-electron chi connectivity index (χ4n) is 4.27. The molecule has 0 unspecified atom stereocenters. The molecule has 0 aliphatic carbocycles. The zero-order valence-electron chi connectivity index (χ0n) is 19.1. The molecule has 0 radical (unpaired) electrons. The molecule has 0 aliphatic heterocycles. The minimum absolute atomic E-state index is 0.418. The van der Waals surface area contributed by atoms with Gasteiger partial charge in [0, 0.05) is 26.9 Å². The van der Waals surface area contributed by atoms with Crippen molar-refractivity contribution >= 4 is 47.8 Å². The van der Waals surface area contributed by atoms with Gasteiger partial charge in [-0.2, -0.15) is 0 Å². The second-order valence-corrected chi connectivity index (χ2v) is 16.3. The fraction of sp³-hybridized carbons (Fsp3) is 0.565. The summed E-state index contributed by atoms with van der Waals surface area (Å²) in [4.78, 5) is 17.1. The Balaban J connectivity index is 2.63. The Morgan fingerprint density at radius 2 is 1.69 bits per heavy atom. The second kappa shape index (κ2) is 8.81. The van der Waals surface area contributed by atoms with Gasteiger partial charge in [0.1, 0.15) is 13.7 Å². The Morgan fingerprint density at radius 1 is 1.14 bits per heavy atom. The Labute approximate surface area is 190 Å². The molecule has 2 heterocycles. The number of hydrogen-bond donors (Lipinski definition) is 0. The summed E-state index contributed by atoms with van der Waals surface area (Å²) in [5.74, 6) is 3.52. The van der Waals surface area contributed by atoms with Crippen LogP contribution in [0.4, 0.5) is 4.79 Å². The van der Waals surface area contributed by atoms with Crippen molar-refractivity contribution in [2.75, 3.05) is 0 Å². The van der Waals surface area contributed by atoms with Crippen LogP contribution in [-0.2, 0) is 4.74 Å². The van der Waals surface area contributed by atoms with E-state index in [1.807, 2.05) is 26.8 Å². The lowest BCUT2D eigenvalue weighted by Gasteiger charge is -2.38. The number of fused-ring (bicyclic) bond motifs is 1. The average Bonchev–Trinajstić information content (AvgIpc) is 2.91. The van der Waals surface area contributed by atoms with Crippen LogP contribution in [0.3, 0.4) is 0 Å². The first kappa shape index (κ1) is 23.9. The van der Waals surface area contributed by atoms with Crippen LogP contribution in [0.15, 0.2) is 18.5 Å². The van der Waals surface area contributed by atoms with Crippen LogP contribution in [0.1, 0.15) is 67.9 Å². The van der Waals surface area contributed by atoms with Crippen molar-refractivity contribution in [1.29, 1.82) is 0 Å². The highest BCUT2D eigenvalue weighted by Gasteiger charge is 2.41. The van der Waals surface area contributed by atoms with E-state index in [-0.39, 0.29) is 0 Å². The molecule has 0 saturated carbocycles. The number of hydrogen-bond acceptors (Lipinski definition) is 3. The average molecular weight is 525 g/mol. The van der Waals surface area contributed by atoms with E-state index < -0.39 is 19.8 Å². The lowest BCUT2D eigenvalue weighted by atomic mass is 10.2. The maximum absolute atomic E-state index is 12.7. The highest BCUT2D eigenvalue weighted by molar-refractivity contribution is 14.1. The van der Waals surface area contributed by atoms with Crippen LogP contribution in [0, 0.1) is 15.0 Å². The zero-order chi connectivity index (χ0) is 22.1. The van der Waals surface area contributed by atoms with E-state index in [1.165, 1.54) is 4.57 Å². The number of halogens is 1. The van der Waals surface area contributed by atoms with E-state index in [0.29, 0.717) is 22.3 Å². The first-order valence-corrected chi connectivity index (χ1v) is 13.5. The molecule has 0 aliphatic rings. The highest BCUT2D eigenvalue weighted by atomic mass is 127. The van der Waals surface area contributed by atoms with Gasteiger partial charge in [0.05, 0.1) is 0 Å². The Kier molecular flexibility index (Phi) is 7.27. The number of ether oxygens (including phenoxy) is 1. The third-order valence-electron chi connectivity index (χ3n) is 5.51. The summed E-state index contributed by atoms with van der Waals surface area (Å²) >= 11 is 2.25. The smallest absolute Gasteiger partial charge is 0.420 e. The van der Waals surface area contributed by atoms with Crippen LogP contribution in [0.25, 0.3) is 11.0 Å². The lowest BCUT2D eigenvalue weighted by molar-refractivity contribution is 0.0543. The Hall–Kier alpha value is -1.33. The third-order valence-corrected chi connectivity index (χ3v) is 12.6. The number of pyridine rings is 1. The molecule has 2 aromatic rings. The number of carbonyl (C=O) groups is 1. The molecule has 0 spiro atoms. The summed E-state index contributed by atoms with van der Waals surface area (Å²) in [5, 5.41) is 0.922. The summed E-state index contributed by atoms with van der Waals surface area (Å²) in [6.07, 6.45) is 3.10. The van der Waals surface area contributed by atoms with Gasteiger partial charge < -0.3 is 4.74 Å². The van der Waals surface area contributed by atoms with E-state index in [1.54, 1.807) is 12.4 Å². The maximum Gasteiger partial charge on any atom is 0.420 e. The van der Waals surface area contributed by atoms with Crippen molar-refractivity contribution in [3.05, 3.63) is 27.6 Å². The van der Waals surface area contributed by atoms with E-state index >= 15 is 0 Å². The van der Waals surface area contributed by atoms with E-state index in [4.69, 9.17) is 4.74 Å². The van der Waals surface area contributed by atoms with Crippen molar-refractivity contribution in [2.45, 2.75) is 84.5 Å². The maximum atomic E-state index is 12.7. The van der Waals surface area contributed by atoms with E-state index in [2.05, 4.69) is 80.6 Å². The molecular formula is C23H33IN2O2Si. The number of nitrogens with zero attached hydrogens (tertiary/aromatic N) is 2. The number of aromatic nitrogens is 2. The summed E-state index contributed by atoms with van der Waals surface area (Å²) in [6, 6.07) is 1.96. The van der Waals surface area contributed by atoms with Crippen LogP contribution in [-0.4, -0.2) is 29.3 Å². The summed E-state index contributed by atoms with van der Waals surface area (Å²) in [5.41, 5.74) is 6.45. The van der Waals surface area contributed by atoms with Gasteiger partial charge in [0.15, 0.2) is 5.65 Å². The summed E-state index contributed by atoms with van der Waals surface area (Å²) < 4.78 is 7.99. The van der Waals surface area contributed by atoms with Crippen molar-refractivity contribution in [1.82, 2.24) is 9.55 Å². The van der Waals surface area contributed by atoms with E-state index in [0.717, 1.165) is 14.5 Å². The molecule has 0 aromatic carbocycles. The molecule has 0 saturated heterocycles. The molecule has 0 amide bonds. The van der Waals surface area contributed by atoms with Gasteiger partial charge in [-0.05, 0) is 66.1 Å². The van der Waals surface area contributed by atoms with Crippen molar-refractivity contribution < 1.29 is 9.53 Å². The molecule has 0 fully saturated rings. The van der Waals surface area contributed by atoms with Crippen LogP contribution >= 0.6 is 22.6 Å². The highest BCUT2D eigenvalue weighted by Crippen LogP contribution is 2.41. The molecule has 6 heteroatoms. The Bertz CT molecular complexity index is 937. The SMILES string of the molecule is CC(C)[Si](C#Cc1ccnc2c1c(I)cn2C(=O)OC(C)(C)C)(C(C)C)C(C)C. The van der Waals surface area contributed by atoms with Gasteiger partial charge in [-0.15, -0.1) is 5.54 Å². The molecule has 0 bridgehead atoms. The molecule has 0 N–H and O–H groups in total. The van der Waals surface area contributed by atoms with Gasteiger partial charge in [-0.3, -0.25) is 0 Å². The van der Waals surface area contributed by atoms with Crippen molar-refractivity contribution in [3.63, 3.8) is 0 Å². The monoisotopic (exact) mass is 524 g/mol. The predicted octanol–water partition coefficient (Wildman–Crippen LogP) is 6.99. The van der Waals surface area contributed by atoms with Crippen molar-refractivity contribution in [2.24, 2.45) is 0 Å². The molecule has 29 heavy (non-hydrogen) atoms. The normalized spacial score (nSPS) is 12.6. The molecule has 4 nitrogen and oxygen atoms in total. The van der Waals surface area contributed by atoms with Gasteiger partial charge >= 0.3 is 6.09 Å². The topological polar surface area (TPSA) is 44.1 Å². The van der Waals surface area contributed by atoms with Gasteiger partial charge in [0.2, 0.25) is 0 Å². The van der Waals surface area contributed by atoms with Gasteiger partial charge in [0.25, 0.3) is 0 Å². The first-order valence-electron chi connectivity index (χ1n) is 10.2. The largest absolute Gasteiger partial charge is 0.443 e. The second-order valence-electron chi connectivity index (χ2n) is 9.53. The predicted molar refractivity (Wildman–Crippen MR) is 132 cm³/mol. The molecular weight excluding hydrogens is 491 g/mol. The van der Waals surface area contributed by atoms with Crippen LogP contribution in [0.2, 0.25) is 16.6 Å². The van der Waals surface area contributed by atoms with Crippen LogP contribution < -0.4 is 0 Å². The number of rotatable bonds is 3. The fourth-order valence-corrected chi connectivity index (χ4v) is 10.3. The minimum Gasteiger partial charge on any atom is -0.443 e. The van der Waals surface area contributed by atoms with Gasteiger partial charge in [-0.1, -0.05) is 47.5 Å². The molecule has 2 rings (SSSR count). The van der Waals surface area contributed by atoms with Crippen LogP contribution in [0.5, 0.6) is 0 Å². The minimum atomic E-state index is -1.84. The van der Waals surface area contributed by atoms with Crippen molar-refractivity contribution in [3.8, 4) is 11.5 Å². The van der Waals surface area contributed by atoms with Gasteiger partial charge in [-0.25, -0.2) is 14.3 Å². The molecule has 158 valence electrons. The lowest BCUT2D eigenvalue weighted by Crippen LogP contribution is -2.43. The number of carbonyl (C=O) groups excluding carboxylic acids is 1. The Morgan fingerprint density at radius 3 is 2.17 bits per heavy atom.